The Morgan fingerprint density at radius 1 is 1.18 bits per heavy atom. The molecule has 0 atom stereocenters. The van der Waals surface area contributed by atoms with Crippen LogP contribution in [0, 0.1) is 0 Å². The van der Waals surface area contributed by atoms with Crippen LogP contribution in [0.2, 0.25) is 0 Å². The van der Waals surface area contributed by atoms with Gasteiger partial charge in [-0.05, 0) is 46.1 Å². The van der Waals surface area contributed by atoms with Gasteiger partial charge < -0.3 is 20.4 Å². The Morgan fingerprint density at radius 3 is 2.65 bits per heavy atom. The molecule has 0 aliphatic carbocycles. The maximum absolute atomic E-state index is 9.58. The standard InChI is InChI=1S/C13H22N2O2/c1-15(2)9-4-3-8-14-10-11-6-5-7-12(16)13(11)17/h5-7,14,16-17H,3-4,8-10H2,1-2H3. The van der Waals surface area contributed by atoms with E-state index in [0.717, 1.165) is 31.5 Å². The van der Waals surface area contributed by atoms with E-state index in [-0.39, 0.29) is 11.5 Å². The Bertz CT molecular complexity index is 340. The number of phenols is 2. The third-order valence-corrected chi connectivity index (χ3v) is 2.62. The molecule has 0 saturated heterocycles. The van der Waals surface area contributed by atoms with Crippen molar-refractivity contribution in [1.82, 2.24) is 10.2 Å². The van der Waals surface area contributed by atoms with Gasteiger partial charge >= 0.3 is 0 Å². The first-order valence-corrected chi connectivity index (χ1v) is 5.96. The molecular weight excluding hydrogens is 216 g/mol. The van der Waals surface area contributed by atoms with Gasteiger partial charge in [-0.3, -0.25) is 0 Å². The zero-order valence-electron chi connectivity index (χ0n) is 10.6. The normalized spacial score (nSPS) is 11.0. The summed E-state index contributed by atoms with van der Waals surface area (Å²) >= 11 is 0. The van der Waals surface area contributed by atoms with E-state index in [1.54, 1.807) is 6.07 Å². The minimum Gasteiger partial charge on any atom is -0.504 e. The van der Waals surface area contributed by atoms with E-state index in [9.17, 15) is 10.2 Å². The van der Waals surface area contributed by atoms with Crippen molar-refractivity contribution in [2.45, 2.75) is 19.4 Å². The first-order chi connectivity index (χ1) is 8.11. The average Bonchev–Trinajstić information content (AvgIpc) is 2.28. The van der Waals surface area contributed by atoms with Gasteiger partial charge in [0.25, 0.3) is 0 Å². The Kier molecular flexibility index (Phi) is 5.80. The average molecular weight is 238 g/mol. The highest BCUT2D eigenvalue weighted by molar-refractivity contribution is 5.44. The van der Waals surface area contributed by atoms with E-state index in [1.165, 1.54) is 6.07 Å². The van der Waals surface area contributed by atoms with Crippen LogP contribution in [-0.4, -0.2) is 42.3 Å². The summed E-state index contributed by atoms with van der Waals surface area (Å²) in [6, 6.07) is 5.02. The fraction of sp³-hybridized carbons (Fsp3) is 0.538. The van der Waals surface area contributed by atoms with Crippen molar-refractivity contribution in [2.75, 3.05) is 27.2 Å². The number of para-hydroxylation sites is 1. The lowest BCUT2D eigenvalue weighted by molar-refractivity contribution is 0.389. The summed E-state index contributed by atoms with van der Waals surface area (Å²) in [5.74, 6) is -0.0785. The fourth-order valence-electron chi connectivity index (χ4n) is 1.62. The number of phenolic OH excluding ortho intramolecular Hbond substituents is 2. The van der Waals surface area contributed by atoms with Crippen LogP contribution in [0.1, 0.15) is 18.4 Å². The number of nitrogens with zero attached hydrogens (tertiary/aromatic N) is 1. The molecule has 4 heteroatoms. The molecule has 0 aliphatic heterocycles. The number of hydrogen-bond donors (Lipinski definition) is 3. The molecule has 0 aromatic heterocycles. The predicted molar refractivity (Wildman–Crippen MR) is 69.3 cm³/mol. The Morgan fingerprint density at radius 2 is 1.94 bits per heavy atom. The Labute approximate surface area is 103 Å². The first kappa shape index (κ1) is 13.8. The van der Waals surface area contributed by atoms with Crippen LogP contribution in [0.5, 0.6) is 11.5 Å². The molecule has 0 radical (unpaired) electrons. The second-order valence-electron chi connectivity index (χ2n) is 4.47. The molecule has 0 fully saturated rings. The molecule has 96 valence electrons. The van der Waals surface area contributed by atoms with Crippen molar-refractivity contribution >= 4 is 0 Å². The summed E-state index contributed by atoms with van der Waals surface area (Å²) in [6.07, 6.45) is 2.27. The van der Waals surface area contributed by atoms with Gasteiger partial charge in [-0.15, -0.1) is 0 Å². The van der Waals surface area contributed by atoms with Gasteiger partial charge in [0, 0.05) is 12.1 Å². The van der Waals surface area contributed by atoms with Gasteiger partial charge in [0.05, 0.1) is 0 Å². The van der Waals surface area contributed by atoms with E-state index < -0.39 is 0 Å². The van der Waals surface area contributed by atoms with Crippen molar-refractivity contribution < 1.29 is 10.2 Å². The maximum atomic E-state index is 9.58. The van der Waals surface area contributed by atoms with Gasteiger partial charge in [-0.2, -0.15) is 0 Å². The lowest BCUT2D eigenvalue weighted by Gasteiger charge is -2.10. The highest BCUT2D eigenvalue weighted by Gasteiger charge is 2.04. The van der Waals surface area contributed by atoms with Crippen molar-refractivity contribution in [2.24, 2.45) is 0 Å². The Balaban J connectivity index is 2.20. The second-order valence-corrected chi connectivity index (χ2v) is 4.47. The quantitative estimate of drug-likeness (QED) is 0.498. The zero-order valence-corrected chi connectivity index (χ0v) is 10.6. The summed E-state index contributed by atoms with van der Waals surface area (Å²) < 4.78 is 0. The summed E-state index contributed by atoms with van der Waals surface area (Å²) in [4.78, 5) is 2.17. The Hall–Kier alpha value is -1.26. The molecular formula is C13H22N2O2. The third kappa shape index (κ3) is 5.06. The molecule has 0 unspecified atom stereocenters. The number of aromatic hydroxyl groups is 2. The fourth-order valence-corrected chi connectivity index (χ4v) is 1.62. The molecule has 0 amide bonds. The first-order valence-electron chi connectivity index (χ1n) is 5.96. The zero-order chi connectivity index (χ0) is 12.7. The van der Waals surface area contributed by atoms with Crippen molar-refractivity contribution in [3.63, 3.8) is 0 Å². The highest BCUT2D eigenvalue weighted by Crippen LogP contribution is 2.27. The number of rotatable bonds is 7. The minimum atomic E-state index is -0.0584. The maximum Gasteiger partial charge on any atom is 0.161 e. The van der Waals surface area contributed by atoms with Crippen molar-refractivity contribution in [3.8, 4) is 11.5 Å². The lowest BCUT2D eigenvalue weighted by atomic mass is 10.2. The molecule has 1 aromatic rings. The number of unbranched alkanes of at least 4 members (excludes halogenated alkanes) is 1. The van der Waals surface area contributed by atoms with E-state index in [0.29, 0.717) is 6.54 Å². The van der Waals surface area contributed by atoms with Crippen molar-refractivity contribution in [3.05, 3.63) is 23.8 Å². The van der Waals surface area contributed by atoms with Crippen LogP contribution in [0.25, 0.3) is 0 Å². The molecule has 0 bridgehead atoms. The largest absolute Gasteiger partial charge is 0.504 e. The highest BCUT2D eigenvalue weighted by atomic mass is 16.3. The van der Waals surface area contributed by atoms with E-state index in [1.807, 2.05) is 6.07 Å². The molecule has 4 nitrogen and oxygen atoms in total. The number of nitrogens with one attached hydrogen (secondary N) is 1. The SMILES string of the molecule is CN(C)CCCCNCc1cccc(O)c1O. The summed E-state index contributed by atoms with van der Waals surface area (Å²) in [6.45, 7) is 2.60. The molecule has 17 heavy (non-hydrogen) atoms. The third-order valence-electron chi connectivity index (χ3n) is 2.62. The smallest absolute Gasteiger partial charge is 0.161 e. The van der Waals surface area contributed by atoms with E-state index in [2.05, 4.69) is 24.3 Å². The number of benzene rings is 1. The summed E-state index contributed by atoms with van der Waals surface area (Å²) in [5.41, 5.74) is 0.734. The van der Waals surface area contributed by atoms with Crippen molar-refractivity contribution in [1.29, 1.82) is 0 Å². The minimum absolute atomic E-state index is 0.0201. The second kappa shape index (κ2) is 7.14. The molecule has 3 N–H and O–H groups in total. The number of hydrogen-bond acceptors (Lipinski definition) is 4. The van der Waals surface area contributed by atoms with Crippen LogP contribution in [0.3, 0.4) is 0 Å². The lowest BCUT2D eigenvalue weighted by Crippen LogP contribution is -2.18. The molecule has 1 rings (SSSR count). The molecule has 0 spiro atoms. The van der Waals surface area contributed by atoms with Crippen LogP contribution in [-0.2, 0) is 6.54 Å². The van der Waals surface area contributed by atoms with Gasteiger partial charge in [-0.25, -0.2) is 0 Å². The van der Waals surface area contributed by atoms with Gasteiger partial charge in [-0.1, -0.05) is 12.1 Å². The van der Waals surface area contributed by atoms with Crippen LogP contribution >= 0.6 is 0 Å². The molecule has 0 heterocycles. The van der Waals surface area contributed by atoms with Gasteiger partial charge in [0.1, 0.15) is 0 Å². The van der Waals surface area contributed by atoms with E-state index in [4.69, 9.17) is 0 Å². The monoisotopic (exact) mass is 238 g/mol. The van der Waals surface area contributed by atoms with E-state index >= 15 is 0 Å². The molecule has 1 aromatic carbocycles. The van der Waals surface area contributed by atoms with Crippen LogP contribution < -0.4 is 5.32 Å². The van der Waals surface area contributed by atoms with Crippen LogP contribution in [0.4, 0.5) is 0 Å². The van der Waals surface area contributed by atoms with Gasteiger partial charge in [0.15, 0.2) is 11.5 Å². The van der Waals surface area contributed by atoms with Gasteiger partial charge in [0.2, 0.25) is 0 Å². The molecule has 0 aliphatic rings. The molecule has 0 saturated carbocycles. The summed E-state index contributed by atoms with van der Waals surface area (Å²) in [7, 11) is 4.14. The van der Waals surface area contributed by atoms with Crippen LogP contribution in [0.15, 0.2) is 18.2 Å². The predicted octanol–water partition coefficient (Wildman–Crippen LogP) is 1.53. The summed E-state index contributed by atoms with van der Waals surface area (Å²) in [5, 5.41) is 22.1. The topological polar surface area (TPSA) is 55.7 Å².